The number of morpholine rings is 1. The number of nitrogens with zero attached hydrogens (tertiary/aromatic N) is 5. The molecule has 0 spiro atoms. The maximum Gasteiger partial charge on any atom is 0.255 e. The van der Waals surface area contributed by atoms with Gasteiger partial charge in [0.05, 0.1) is 29.7 Å². The number of para-hydroxylation sites is 1. The largest absolute Gasteiger partial charge is 0.367 e. The summed E-state index contributed by atoms with van der Waals surface area (Å²) in [6.07, 6.45) is -0.178. The van der Waals surface area contributed by atoms with Gasteiger partial charge in [0.25, 0.3) is 5.91 Å². The van der Waals surface area contributed by atoms with Gasteiger partial charge >= 0.3 is 0 Å². The van der Waals surface area contributed by atoms with Crippen LogP contribution in [0.1, 0.15) is 34.8 Å². The van der Waals surface area contributed by atoms with E-state index in [-0.39, 0.29) is 18.1 Å². The van der Waals surface area contributed by atoms with Crippen molar-refractivity contribution in [2.45, 2.75) is 29.8 Å². The molecule has 172 valence electrons. The number of hydrogen-bond donors (Lipinski definition) is 0. The number of tetrazole rings is 1. The van der Waals surface area contributed by atoms with Gasteiger partial charge in [-0.05, 0) is 47.2 Å². The molecule has 0 bridgehead atoms. The topological polar surface area (TPSA) is 73.1 Å². The van der Waals surface area contributed by atoms with E-state index in [1.165, 1.54) is 0 Å². The zero-order valence-electron chi connectivity index (χ0n) is 18.8. The van der Waals surface area contributed by atoms with Crippen LogP contribution in [0.2, 0.25) is 0 Å². The maximum atomic E-state index is 13.6. The number of ether oxygens (including phenoxy) is 1. The molecule has 0 N–H and O–H groups in total. The Balaban J connectivity index is 1.33. The molecule has 3 aromatic carbocycles. The van der Waals surface area contributed by atoms with Gasteiger partial charge in [-0.3, -0.25) is 4.79 Å². The average molecular weight is 472 g/mol. The highest BCUT2D eigenvalue weighted by Gasteiger charge is 2.30. The number of benzene rings is 3. The molecule has 4 aromatic rings. The van der Waals surface area contributed by atoms with Gasteiger partial charge < -0.3 is 9.64 Å². The molecule has 2 heterocycles. The van der Waals surface area contributed by atoms with Gasteiger partial charge in [-0.2, -0.15) is 4.68 Å². The molecule has 1 aliphatic heterocycles. The first-order valence-corrected chi connectivity index (χ1v) is 12.2. The summed E-state index contributed by atoms with van der Waals surface area (Å²) in [6, 6.07) is 27.6. The molecular weight excluding hydrogens is 446 g/mol. The number of amides is 1. The highest BCUT2D eigenvalue weighted by atomic mass is 32.2. The molecular formula is C26H25N5O2S. The van der Waals surface area contributed by atoms with E-state index in [0.717, 1.165) is 22.0 Å². The third-order valence-electron chi connectivity index (χ3n) is 5.73. The molecule has 0 saturated carbocycles. The Labute approximate surface area is 202 Å². The molecule has 2 atom stereocenters. The molecule has 2 unspecified atom stereocenters. The Kier molecular flexibility index (Phi) is 6.69. The predicted molar refractivity (Wildman–Crippen MR) is 131 cm³/mol. The zero-order valence-corrected chi connectivity index (χ0v) is 19.6. The van der Waals surface area contributed by atoms with E-state index in [2.05, 4.69) is 15.5 Å². The summed E-state index contributed by atoms with van der Waals surface area (Å²) in [5.41, 5.74) is 2.68. The molecule has 0 radical (unpaired) electrons. The number of carbonyl (C=O) groups excluding carboxylic acids is 1. The molecule has 34 heavy (non-hydrogen) atoms. The maximum absolute atomic E-state index is 13.6. The Morgan fingerprint density at radius 3 is 2.47 bits per heavy atom. The quantitative estimate of drug-likeness (QED) is 0.384. The molecule has 8 heteroatoms. The van der Waals surface area contributed by atoms with Gasteiger partial charge in [-0.1, -0.05) is 60.7 Å². The highest BCUT2D eigenvalue weighted by Crippen LogP contribution is 2.30. The average Bonchev–Trinajstić information content (AvgIpc) is 3.36. The van der Waals surface area contributed by atoms with Gasteiger partial charge in [-0.25, -0.2) is 0 Å². The fraction of sp³-hybridized carbons (Fsp3) is 0.231. The summed E-state index contributed by atoms with van der Waals surface area (Å²) in [4.78, 5) is 16.4. The van der Waals surface area contributed by atoms with Crippen molar-refractivity contribution >= 4 is 17.7 Å². The molecule has 1 fully saturated rings. The lowest BCUT2D eigenvalue weighted by molar-refractivity contribution is -0.0692. The summed E-state index contributed by atoms with van der Waals surface area (Å²) in [7, 11) is 0. The van der Waals surface area contributed by atoms with Crippen LogP contribution in [0.3, 0.4) is 0 Å². The standard InChI is InChI=1S/C26H25N5O2S/c1-19-16-30(17-23(33-19)20-10-4-2-5-11-20)26(32)22-14-8-9-15-24(22)34-18-25-27-28-29-31(25)21-12-6-3-7-13-21/h2-15,19,23H,16-18H2,1H3. The summed E-state index contributed by atoms with van der Waals surface area (Å²) in [6.45, 7) is 3.10. The van der Waals surface area contributed by atoms with E-state index in [4.69, 9.17) is 4.74 Å². The third-order valence-corrected chi connectivity index (χ3v) is 6.80. The van der Waals surface area contributed by atoms with Crippen molar-refractivity contribution in [1.82, 2.24) is 25.1 Å². The number of aromatic nitrogens is 4. The van der Waals surface area contributed by atoms with Crippen LogP contribution in [-0.4, -0.2) is 50.2 Å². The third kappa shape index (κ3) is 4.88. The zero-order chi connectivity index (χ0) is 23.3. The summed E-state index contributed by atoms with van der Waals surface area (Å²) in [5, 5.41) is 12.2. The first-order chi connectivity index (χ1) is 16.7. The number of carbonyl (C=O) groups is 1. The Morgan fingerprint density at radius 2 is 1.68 bits per heavy atom. The van der Waals surface area contributed by atoms with Crippen LogP contribution < -0.4 is 0 Å². The minimum atomic E-state index is -0.135. The van der Waals surface area contributed by atoms with Crippen molar-refractivity contribution in [1.29, 1.82) is 0 Å². The monoisotopic (exact) mass is 471 g/mol. The van der Waals surface area contributed by atoms with Gasteiger partial charge in [0.15, 0.2) is 5.82 Å². The smallest absolute Gasteiger partial charge is 0.255 e. The minimum absolute atomic E-state index is 0.0156. The van der Waals surface area contributed by atoms with E-state index in [9.17, 15) is 4.79 Å². The summed E-state index contributed by atoms with van der Waals surface area (Å²) >= 11 is 1.56. The number of hydrogen-bond acceptors (Lipinski definition) is 6. The predicted octanol–water partition coefficient (Wildman–Crippen LogP) is 4.56. The normalized spacial score (nSPS) is 18.1. The minimum Gasteiger partial charge on any atom is -0.367 e. The summed E-state index contributed by atoms with van der Waals surface area (Å²) in [5.74, 6) is 1.28. The SMILES string of the molecule is CC1CN(C(=O)c2ccccc2SCc2nnnn2-c2ccccc2)CC(c2ccccc2)O1. The van der Waals surface area contributed by atoms with E-state index < -0.39 is 0 Å². The lowest BCUT2D eigenvalue weighted by Gasteiger charge is -2.37. The molecule has 1 aliphatic rings. The molecule has 1 aromatic heterocycles. The first kappa shape index (κ1) is 22.3. The van der Waals surface area contributed by atoms with Crippen molar-refractivity contribution in [3.05, 3.63) is 102 Å². The Morgan fingerprint density at radius 1 is 0.971 bits per heavy atom. The first-order valence-electron chi connectivity index (χ1n) is 11.2. The Hall–Kier alpha value is -3.49. The van der Waals surface area contributed by atoms with E-state index >= 15 is 0 Å². The summed E-state index contributed by atoms with van der Waals surface area (Å²) < 4.78 is 7.87. The van der Waals surface area contributed by atoms with Gasteiger partial charge in [0.1, 0.15) is 6.10 Å². The van der Waals surface area contributed by atoms with Crippen LogP contribution in [0.15, 0.2) is 89.8 Å². The molecule has 1 amide bonds. The van der Waals surface area contributed by atoms with Gasteiger partial charge in [0.2, 0.25) is 0 Å². The lowest BCUT2D eigenvalue weighted by Crippen LogP contribution is -2.46. The Bertz CT molecular complexity index is 1250. The van der Waals surface area contributed by atoms with Crippen LogP contribution in [0, 0.1) is 0 Å². The van der Waals surface area contributed by atoms with Gasteiger partial charge in [-0.15, -0.1) is 16.9 Å². The fourth-order valence-electron chi connectivity index (χ4n) is 4.12. The number of thioether (sulfide) groups is 1. The van der Waals surface area contributed by atoms with Crippen LogP contribution >= 0.6 is 11.8 Å². The second-order valence-electron chi connectivity index (χ2n) is 8.18. The van der Waals surface area contributed by atoms with Crippen molar-refractivity contribution in [2.75, 3.05) is 13.1 Å². The molecule has 0 aliphatic carbocycles. The fourth-order valence-corrected chi connectivity index (χ4v) is 5.07. The van der Waals surface area contributed by atoms with Crippen LogP contribution in [0.5, 0.6) is 0 Å². The van der Waals surface area contributed by atoms with Crippen molar-refractivity contribution in [3.63, 3.8) is 0 Å². The van der Waals surface area contributed by atoms with Crippen LogP contribution in [0.4, 0.5) is 0 Å². The number of rotatable bonds is 6. The van der Waals surface area contributed by atoms with Crippen molar-refractivity contribution in [3.8, 4) is 5.69 Å². The van der Waals surface area contributed by atoms with Gasteiger partial charge in [0, 0.05) is 11.4 Å². The highest BCUT2D eigenvalue weighted by molar-refractivity contribution is 7.98. The van der Waals surface area contributed by atoms with Crippen molar-refractivity contribution < 1.29 is 9.53 Å². The second-order valence-corrected chi connectivity index (χ2v) is 9.20. The van der Waals surface area contributed by atoms with Crippen molar-refractivity contribution in [2.24, 2.45) is 0 Å². The molecule has 1 saturated heterocycles. The second kappa shape index (κ2) is 10.2. The van der Waals surface area contributed by atoms with E-state index in [1.807, 2.05) is 96.8 Å². The molecule has 5 rings (SSSR count). The van der Waals surface area contributed by atoms with Crippen LogP contribution in [-0.2, 0) is 10.5 Å². The van der Waals surface area contributed by atoms with Crippen LogP contribution in [0.25, 0.3) is 5.69 Å². The van der Waals surface area contributed by atoms with E-state index in [0.29, 0.717) is 24.4 Å². The van der Waals surface area contributed by atoms with E-state index in [1.54, 1.807) is 16.4 Å². The lowest BCUT2D eigenvalue weighted by atomic mass is 10.1. The molecule has 7 nitrogen and oxygen atoms in total.